The normalized spacial score (nSPS) is 11.1. The van der Waals surface area contributed by atoms with Crippen LogP contribution in [0.1, 0.15) is 0 Å². The SMILES string of the molecule is Cn1ccnc1-c1ccc2scc(-c3ccncc3)c2n1. The van der Waals surface area contributed by atoms with Crippen LogP contribution in [0.4, 0.5) is 0 Å². The predicted octanol–water partition coefficient (Wildman–Crippen LogP) is 3.76. The number of thiophene rings is 1. The van der Waals surface area contributed by atoms with E-state index in [4.69, 9.17) is 4.98 Å². The van der Waals surface area contributed by atoms with E-state index in [0.29, 0.717) is 0 Å². The van der Waals surface area contributed by atoms with Crippen LogP contribution in [0.2, 0.25) is 0 Å². The minimum absolute atomic E-state index is 0.878. The van der Waals surface area contributed by atoms with Gasteiger partial charge in [0.25, 0.3) is 0 Å². The zero-order valence-electron chi connectivity index (χ0n) is 11.4. The average Bonchev–Trinajstić information content (AvgIpc) is 3.13. The molecular formula is C16H12N4S. The van der Waals surface area contributed by atoms with Gasteiger partial charge in [0.2, 0.25) is 0 Å². The van der Waals surface area contributed by atoms with Gasteiger partial charge < -0.3 is 4.57 Å². The minimum atomic E-state index is 0.878. The van der Waals surface area contributed by atoms with Crippen LogP contribution in [0.3, 0.4) is 0 Å². The molecule has 4 nitrogen and oxygen atoms in total. The lowest BCUT2D eigenvalue weighted by molar-refractivity contribution is 0.919. The van der Waals surface area contributed by atoms with E-state index in [2.05, 4.69) is 21.4 Å². The first-order chi connectivity index (χ1) is 10.3. The Morgan fingerprint density at radius 1 is 1.05 bits per heavy atom. The molecule has 0 spiro atoms. The number of hydrogen-bond acceptors (Lipinski definition) is 4. The Morgan fingerprint density at radius 2 is 1.90 bits per heavy atom. The fourth-order valence-electron chi connectivity index (χ4n) is 2.39. The van der Waals surface area contributed by atoms with E-state index in [9.17, 15) is 0 Å². The summed E-state index contributed by atoms with van der Waals surface area (Å²) >= 11 is 1.71. The van der Waals surface area contributed by atoms with E-state index in [0.717, 1.165) is 28.2 Å². The van der Waals surface area contributed by atoms with Crippen LogP contribution < -0.4 is 0 Å². The van der Waals surface area contributed by atoms with Crippen LogP contribution in [-0.4, -0.2) is 19.5 Å². The summed E-state index contributed by atoms with van der Waals surface area (Å²) in [5.74, 6) is 0.878. The lowest BCUT2D eigenvalue weighted by Gasteiger charge is -2.03. The summed E-state index contributed by atoms with van der Waals surface area (Å²) in [6.45, 7) is 0. The number of aryl methyl sites for hydroxylation is 1. The van der Waals surface area contributed by atoms with Crippen molar-refractivity contribution >= 4 is 21.6 Å². The predicted molar refractivity (Wildman–Crippen MR) is 85.1 cm³/mol. The largest absolute Gasteiger partial charge is 0.333 e. The molecule has 0 saturated heterocycles. The van der Waals surface area contributed by atoms with Gasteiger partial charge in [0.1, 0.15) is 5.69 Å². The summed E-state index contributed by atoms with van der Waals surface area (Å²) in [4.78, 5) is 13.3. The summed E-state index contributed by atoms with van der Waals surface area (Å²) in [6.07, 6.45) is 7.33. The van der Waals surface area contributed by atoms with Gasteiger partial charge in [-0.2, -0.15) is 0 Å². The second-order valence-corrected chi connectivity index (χ2v) is 5.70. The molecule has 0 fully saturated rings. The Labute approximate surface area is 125 Å². The third-order valence-electron chi connectivity index (χ3n) is 3.46. The summed E-state index contributed by atoms with van der Waals surface area (Å²) in [5, 5.41) is 2.15. The van der Waals surface area contributed by atoms with Crippen molar-refractivity contribution in [2.75, 3.05) is 0 Å². The van der Waals surface area contributed by atoms with E-state index in [1.54, 1.807) is 29.9 Å². The number of nitrogens with zero attached hydrogens (tertiary/aromatic N) is 4. The first-order valence-electron chi connectivity index (χ1n) is 6.59. The van der Waals surface area contributed by atoms with Crippen molar-refractivity contribution in [2.24, 2.45) is 7.05 Å². The molecule has 0 aliphatic heterocycles. The van der Waals surface area contributed by atoms with Gasteiger partial charge in [0.15, 0.2) is 5.82 Å². The number of fused-ring (bicyclic) bond motifs is 1. The van der Waals surface area contributed by atoms with Crippen LogP contribution in [-0.2, 0) is 7.05 Å². The third kappa shape index (κ3) is 2.02. The number of aromatic nitrogens is 4. The quantitative estimate of drug-likeness (QED) is 0.565. The van der Waals surface area contributed by atoms with Crippen molar-refractivity contribution in [2.45, 2.75) is 0 Å². The second kappa shape index (κ2) is 4.79. The Kier molecular flexibility index (Phi) is 2.79. The van der Waals surface area contributed by atoms with Gasteiger partial charge in [-0.3, -0.25) is 4.98 Å². The van der Waals surface area contributed by atoms with Crippen molar-refractivity contribution in [1.29, 1.82) is 0 Å². The number of imidazole rings is 1. The summed E-state index contributed by atoms with van der Waals surface area (Å²) in [6, 6.07) is 8.16. The lowest BCUT2D eigenvalue weighted by Crippen LogP contribution is -1.93. The van der Waals surface area contributed by atoms with Gasteiger partial charge in [-0.15, -0.1) is 11.3 Å². The average molecular weight is 292 g/mol. The maximum Gasteiger partial charge on any atom is 0.158 e. The molecule has 21 heavy (non-hydrogen) atoms. The molecule has 0 aliphatic carbocycles. The number of hydrogen-bond donors (Lipinski definition) is 0. The standard InChI is InChI=1S/C16H12N4S/c1-20-9-8-18-16(20)13-2-3-14-15(19-13)12(10-21-14)11-4-6-17-7-5-11/h2-10H,1H3. The molecule has 5 heteroatoms. The Morgan fingerprint density at radius 3 is 2.67 bits per heavy atom. The van der Waals surface area contributed by atoms with Crippen molar-refractivity contribution < 1.29 is 0 Å². The molecule has 4 heterocycles. The van der Waals surface area contributed by atoms with Crippen molar-refractivity contribution in [3.63, 3.8) is 0 Å². The van der Waals surface area contributed by atoms with E-state index in [1.165, 1.54) is 4.70 Å². The molecule has 0 aromatic carbocycles. The van der Waals surface area contributed by atoms with Crippen LogP contribution in [0, 0.1) is 0 Å². The Hall–Kier alpha value is -2.53. The first-order valence-corrected chi connectivity index (χ1v) is 7.47. The molecular weight excluding hydrogens is 280 g/mol. The zero-order chi connectivity index (χ0) is 14.2. The smallest absolute Gasteiger partial charge is 0.158 e. The number of rotatable bonds is 2. The van der Waals surface area contributed by atoms with Gasteiger partial charge in [-0.1, -0.05) is 0 Å². The van der Waals surface area contributed by atoms with Gasteiger partial charge >= 0.3 is 0 Å². The molecule has 0 atom stereocenters. The van der Waals surface area contributed by atoms with Crippen LogP contribution in [0.15, 0.2) is 54.4 Å². The fraction of sp³-hybridized carbons (Fsp3) is 0.0625. The van der Waals surface area contributed by atoms with E-state index in [-0.39, 0.29) is 0 Å². The lowest BCUT2D eigenvalue weighted by atomic mass is 10.1. The van der Waals surface area contributed by atoms with E-state index in [1.807, 2.05) is 36.0 Å². The zero-order valence-corrected chi connectivity index (χ0v) is 12.2. The first kappa shape index (κ1) is 12.2. The highest BCUT2D eigenvalue weighted by atomic mass is 32.1. The van der Waals surface area contributed by atoms with Crippen LogP contribution in [0.25, 0.3) is 32.9 Å². The third-order valence-corrected chi connectivity index (χ3v) is 4.40. The van der Waals surface area contributed by atoms with Gasteiger partial charge in [-0.05, 0) is 29.8 Å². The summed E-state index contributed by atoms with van der Waals surface area (Å²) < 4.78 is 3.16. The monoisotopic (exact) mass is 292 g/mol. The Balaban J connectivity index is 1.93. The molecule has 0 N–H and O–H groups in total. The molecule has 0 unspecified atom stereocenters. The van der Waals surface area contributed by atoms with E-state index >= 15 is 0 Å². The molecule has 102 valence electrons. The molecule has 0 amide bonds. The fourth-order valence-corrected chi connectivity index (χ4v) is 3.29. The van der Waals surface area contributed by atoms with E-state index < -0.39 is 0 Å². The van der Waals surface area contributed by atoms with Gasteiger partial charge in [-0.25, -0.2) is 9.97 Å². The van der Waals surface area contributed by atoms with Crippen LogP contribution in [0.5, 0.6) is 0 Å². The second-order valence-electron chi connectivity index (χ2n) is 4.79. The molecule has 0 bridgehead atoms. The Bertz CT molecular complexity index is 908. The molecule has 0 aliphatic rings. The van der Waals surface area contributed by atoms with Gasteiger partial charge in [0, 0.05) is 42.8 Å². The highest BCUT2D eigenvalue weighted by Crippen LogP contribution is 2.33. The topological polar surface area (TPSA) is 43.6 Å². The molecule has 4 aromatic rings. The van der Waals surface area contributed by atoms with Gasteiger partial charge in [0.05, 0.1) is 10.2 Å². The molecule has 4 aromatic heterocycles. The summed E-state index contributed by atoms with van der Waals surface area (Å²) in [7, 11) is 1.98. The van der Waals surface area contributed by atoms with Crippen molar-refractivity contribution in [1.82, 2.24) is 19.5 Å². The molecule has 4 rings (SSSR count). The number of pyridine rings is 2. The van der Waals surface area contributed by atoms with Crippen molar-refractivity contribution in [3.05, 3.63) is 54.4 Å². The molecule has 0 saturated carbocycles. The highest BCUT2D eigenvalue weighted by molar-refractivity contribution is 7.17. The minimum Gasteiger partial charge on any atom is -0.333 e. The van der Waals surface area contributed by atoms with Crippen molar-refractivity contribution in [3.8, 4) is 22.6 Å². The maximum absolute atomic E-state index is 4.82. The molecule has 0 radical (unpaired) electrons. The maximum atomic E-state index is 4.82. The summed E-state index contributed by atoms with van der Waals surface area (Å²) in [5.41, 5.74) is 4.20. The highest BCUT2D eigenvalue weighted by Gasteiger charge is 2.11. The van der Waals surface area contributed by atoms with Crippen LogP contribution >= 0.6 is 11.3 Å².